The summed E-state index contributed by atoms with van der Waals surface area (Å²) < 4.78 is 0. The second-order valence-corrected chi connectivity index (χ2v) is 7.43. The van der Waals surface area contributed by atoms with Crippen LogP contribution in [0.25, 0.3) is 0 Å². The summed E-state index contributed by atoms with van der Waals surface area (Å²) in [6, 6.07) is 1.31. The first-order valence-corrected chi connectivity index (χ1v) is 8.59. The van der Waals surface area contributed by atoms with Crippen molar-refractivity contribution in [2.45, 2.75) is 60.0 Å². The quantitative estimate of drug-likeness (QED) is 0.702. The average molecular weight is 284 g/mol. The van der Waals surface area contributed by atoms with Crippen LogP contribution in [0.1, 0.15) is 48.0 Å². The lowest BCUT2D eigenvalue weighted by Gasteiger charge is -2.32. The summed E-state index contributed by atoms with van der Waals surface area (Å²) in [4.78, 5) is 5.25. The molecule has 0 aromatic carbocycles. The van der Waals surface area contributed by atoms with Gasteiger partial charge < -0.3 is 10.2 Å². The largest absolute Gasteiger partial charge is 0.316 e. The van der Waals surface area contributed by atoms with Crippen molar-refractivity contribution in [3.8, 4) is 0 Å². The number of nitrogens with zero attached hydrogens (tertiary/aromatic N) is 2. The zero-order valence-electron chi connectivity index (χ0n) is 14.7. The normalized spacial score (nSPS) is 21.0. The molecule has 0 amide bonds. The van der Waals surface area contributed by atoms with Crippen LogP contribution in [-0.2, 0) is 0 Å². The van der Waals surface area contributed by atoms with Gasteiger partial charge in [0, 0.05) is 31.7 Å². The van der Waals surface area contributed by atoms with Gasteiger partial charge in [0.15, 0.2) is 0 Å². The van der Waals surface area contributed by atoms with Gasteiger partial charge in [-0.2, -0.15) is 0 Å². The van der Waals surface area contributed by atoms with Crippen LogP contribution < -0.4 is 5.32 Å². The Balaban J connectivity index is 2.20. The molecule has 0 saturated carbocycles. The Morgan fingerprint density at radius 3 is 2.30 bits per heavy atom. The van der Waals surface area contributed by atoms with Gasteiger partial charge in [0.2, 0.25) is 0 Å². The number of rotatable bonds is 9. The van der Waals surface area contributed by atoms with Crippen molar-refractivity contribution >= 4 is 0 Å². The van der Waals surface area contributed by atoms with Crippen LogP contribution in [-0.4, -0.2) is 61.2 Å². The number of hydrogen-bond donors (Lipinski definition) is 1. The van der Waals surface area contributed by atoms with Crippen molar-refractivity contribution in [1.82, 2.24) is 15.1 Å². The van der Waals surface area contributed by atoms with E-state index in [0.717, 1.165) is 18.4 Å². The van der Waals surface area contributed by atoms with Gasteiger partial charge in [-0.1, -0.05) is 13.8 Å². The van der Waals surface area contributed by atoms with Crippen LogP contribution in [0, 0.1) is 11.8 Å². The van der Waals surface area contributed by atoms with Crippen LogP contribution in [0.4, 0.5) is 0 Å². The molecular weight excluding hydrogens is 246 g/mol. The minimum absolute atomic E-state index is 0.654. The molecule has 3 heteroatoms. The molecule has 1 rings (SSSR count). The molecule has 0 radical (unpaired) electrons. The van der Waals surface area contributed by atoms with E-state index in [1.54, 1.807) is 0 Å². The standard InChI is InChI=1S/C17H37N3/c1-14(2)11-18-12-17-7-8-19(13-17)9-10-20(15(3)4)16(5)6/h14-18H,7-13H2,1-6H3. The van der Waals surface area contributed by atoms with E-state index in [1.165, 1.54) is 39.1 Å². The molecule has 1 aliphatic rings. The molecule has 1 saturated heterocycles. The summed E-state index contributed by atoms with van der Waals surface area (Å²) in [5.74, 6) is 1.62. The highest BCUT2D eigenvalue weighted by atomic mass is 15.2. The maximum absolute atomic E-state index is 3.61. The molecule has 1 heterocycles. The Morgan fingerprint density at radius 1 is 1.10 bits per heavy atom. The van der Waals surface area contributed by atoms with E-state index in [1.807, 2.05) is 0 Å². The van der Waals surface area contributed by atoms with Gasteiger partial charge in [-0.15, -0.1) is 0 Å². The summed E-state index contributed by atoms with van der Waals surface area (Å²) in [7, 11) is 0. The third kappa shape index (κ3) is 6.55. The average Bonchev–Trinajstić information content (AvgIpc) is 2.76. The highest BCUT2D eigenvalue weighted by Crippen LogP contribution is 2.16. The molecule has 0 aliphatic carbocycles. The summed E-state index contributed by atoms with van der Waals surface area (Å²) >= 11 is 0. The lowest BCUT2D eigenvalue weighted by Crippen LogP contribution is -2.42. The zero-order chi connectivity index (χ0) is 15.1. The molecule has 0 spiro atoms. The van der Waals surface area contributed by atoms with Crippen molar-refractivity contribution in [3.05, 3.63) is 0 Å². The lowest BCUT2D eigenvalue weighted by molar-refractivity contribution is 0.151. The predicted molar refractivity (Wildman–Crippen MR) is 89.2 cm³/mol. The summed E-state index contributed by atoms with van der Waals surface area (Å²) in [5.41, 5.74) is 0. The van der Waals surface area contributed by atoms with Crippen molar-refractivity contribution in [2.24, 2.45) is 11.8 Å². The van der Waals surface area contributed by atoms with E-state index in [9.17, 15) is 0 Å². The minimum Gasteiger partial charge on any atom is -0.316 e. The van der Waals surface area contributed by atoms with Crippen LogP contribution in [0.3, 0.4) is 0 Å². The molecule has 1 atom stereocenters. The maximum Gasteiger partial charge on any atom is 0.0115 e. The Labute approximate surface area is 127 Å². The fourth-order valence-corrected chi connectivity index (χ4v) is 3.23. The number of nitrogens with one attached hydrogen (secondary N) is 1. The predicted octanol–water partition coefficient (Wildman–Crippen LogP) is 2.67. The molecule has 1 fully saturated rings. The van der Waals surface area contributed by atoms with Gasteiger partial charge in [0.25, 0.3) is 0 Å². The molecule has 20 heavy (non-hydrogen) atoms. The first-order chi connectivity index (χ1) is 9.40. The van der Waals surface area contributed by atoms with Crippen LogP contribution in [0.5, 0.6) is 0 Å². The second kappa shape index (κ2) is 9.01. The first kappa shape index (κ1) is 17.9. The Hall–Kier alpha value is -0.120. The summed E-state index contributed by atoms with van der Waals surface area (Å²) in [6.45, 7) is 21.2. The minimum atomic E-state index is 0.654. The van der Waals surface area contributed by atoms with Crippen molar-refractivity contribution in [3.63, 3.8) is 0 Å². The van der Waals surface area contributed by atoms with Gasteiger partial charge in [-0.3, -0.25) is 4.90 Å². The van der Waals surface area contributed by atoms with Crippen LogP contribution in [0.15, 0.2) is 0 Å². The molecule has 1 unspecified atom stereocenters. The van der Waals surface area contributed by atoms with Gasteiger partial charge in [0.1, 0.15) is 0 Å². The van der Waals surface area contributed by atoms with E-state index in [-0.39, 0.29) is 0 Å². The molecule has 0 bridgehead atoms. The molecule has 0 aromatic heterocycles. The summed E-state index contributed by atoms with van der Waals surface area (Å²) in [5, 5.41) is 3.61. The zero-order valence-corrected chi connectivity index (χ0v) is 14.7. The first-order valence-electron chi connectivity index (χ1n) is 8.59. The number of hydrogen-bond acceptors (Lipinski definition) is 3. The van der Waals surface area contributed by atoms with Crippen LogP contribution >= 0.6 is 0 Å². The van der Waals surface area contributed by atoms with Gasteiger partial charge >= 0.3 is 0 Å². The highest BCUT2D eigenvalue weighted by molar-refractivity contribution is 4.79. The molecule has 3 nitrogen and oxygen atoms in total. The molecule has 0 aromatic rings. The highest BCUT2D eigenvalue weighted by Gasteiger charge is 2.23. The van der Waals surface area contributed by atoms with Gasteiger partial charge in [-0.05, 0) is 65.6 Å². The van der Waals surface area contributed by atoms with E-state index in [0.29, 0.717) is 12.1 Å². The monoisotopic (exact) mass is 283 g/mol. The van der Waals surface area contributed by atoms with E-state index < -0.39 is 0 Å². The summed E-state index contributed by atoms with van der Waals surface area (Å²) in [6.07, 6.45) is 1.37. The van der Waals surface area contributed by atoms with E-state index in [4.69, 9.17) is 0 Å². The maximum atomic E-state index is 3.61. The van der Waals surface area contributed by atoms with Crippen molar-refractivity contribution in [2.75, 3.05) is 39.3 Å². The Kier molecular flexibility index (Phi) is 8.08. The topological polar surface area (TPSA) is 18.5 Å². The molecule has 1 N–H and O–H groups in total. The lowest BCUT2D eigenvalue weighted by atomic mass is 10.1. The van der Waals surface area contributed by atoms with E-state index >= 15 is 0 Å². The fourth-order valence-electron chi connectivity index (χ4n) is 3.23. The van der Waals surface area contributed by atoms with Crippen molar-refractivity contribution < 1.29 is 0 Å². The van der Waals surface area contributed by atoms with E-state index in [2.05, 4.69) is 56.7 Å². The number of likely N-dealkylation sites (tertiary alicyclic amines) is 1. The smallest absolute Gasteiger partial charge is 0.0115 e. The third-order valence-electron chi connectivity index (χ3n) is 4.36. The van der Waals surface area contributed by atoms with Gasteiger partial charge in [0.05, 0.1) is 0 Å². The van der Waals surface area contributed by atoms with Crippen LogP contribution in [0.2, 0.25) is 0 Å². The Bertz CT molecular complexity index is 243. The second-order valence-electron chi connectivity index (χ2n) is 7.43. The van der Waals surface area contributed by atoms with Crippen molar-refractivity contribution in [1.29, 1.82) is 0 Å². The SMILES string of the molecule is CC(C)CNCC1CCN(CCN(C(C)C)C(C)C)C1. The third-order valence-corrected chi connectivity index (χ3v) is 4.36. The molecular formula is C17H37N3. The van der Waals surface area contributed by atoms with Gasteiger partial charge in [-0.25, -0.2) is 0 Å². The molecule has 120 valence electrons. The Morgan fingerprint density at radius 2 is 1.75 bits per heavy atom. The molecule has 1 aliphatic heterocycles. The fraction of sp³-hybridized carbons (Fsp3) is 1.00.